The lowest BCUT2D eigenvalue weighted by Gasteiger charge is -2.32. The van der Waals surface area contributed by atoms with Gasteiger partial charge in [0.25, 0.3) is 0 Å². The smallest absolute Gasteiger partial charge is 0.140 e. The van der Waals surface area contributed by atoms with Gasteiger partial charge < -0.3 is 15.0 Å². The molecule has 2 aliphatic heterocycles. The molecule has 0 aliphatic carbocycles. The minimum absolute atomic E-state index is 0.120. The van der Waals surface area contributed by atoms with Crippen LogP contribution in [0.25, 0.3) is 0 Å². The van der Waals surface area contributed by atoms with Gasteiger partial charge in [0.2, 0.25) is 0 Å². The van der Waals surface area contributed by atoms with Crippen LogP contribution in [0.1, 0.15) is 30.1 Å². The number of nitrogens with zero attached hydrogens (tertiary/aromatic N) is 3. The molecule has 27 heavy (non-hydrogen) atoms. The summed E-state index contributed by atoms with van der Waals surface area (Å²) in [4.78, 5) is 23.2. The first-order valence-electron chi connectivity index (χ1n) is 9.74. The summed E-state index contributed by atoms with van der Waals surface area (Å²) in [5, 5.41) is 3.35. The number of rotatable bonds is 5. The zero-order valence-electron chi connectivity index (χ0n) is 15.5. The maximum Gasteiger partial charge on any atom is 0.140 e. The number of ketones is 1. The Balaban J connectivity index is 1.29. The van der Waals surface area contributed by atoms with Gasteiger partial charge >= 0.3 is 0 Å². The molecule has 1 aromatic carbocycles. The zero-order chi connectivity index (χ0) is 18.5. The van der Waals surface area contributed by atoms with Crippen molar-refractivity contribution in [1.82, 2.24) is 15.3 Å². The molecule has 2 aliphatic rings. The number of nitrogens with one attached hydrogen (secondary N) is 1. The van der Waals surface area contributed by atoms with Crippen molar-refractivity contribution in [1.29, 1.82) is 0 Å². The van der Waals surface area contributed by atoms with Crippen LogP contribution >= 0.6 is 0 Å². The van der Waals surface area contributed by atoms with E-state index in [0.29, 0.717) is 12.2 Å². The van der Waals surface area contributed by atoms with Crippen molar-refractivity contribution in [3.8, 4) is 0 Å². The highest BCUT2D eigenvalue weighted by molar-refractivity contribution is 5.83. The third kappa shape index (κ3) is 4.51. The van der Waals surface area contributed by atoms with Crippen molar-refractivity contribution in [2.45, 2.75) is 25.4 Å². The van der Waals surface area contributed by atoms with Crippen LogP contribution in [0.3, 0.4) is 0 Å². The van der Waals surface area contributed by atoms with E-state index in [1.165, 1.54) is 5.56 Å². The Labute approximate surface area is 160 Å². The predicted octanol–water partition coefficient (Wildman–Crippen LogP) is 2.17. The summed E-state index contributed by atoms with van der Waals surface area (Å²) in [7, 11) is 0. The fourth-order valence-electron chi connectivity index (χ4n) is 3.88. The number of hydrogen-bond acceptors (Lipinski definition) is 6. The largest absolute Gasteiger partial charge is 0.371 e. The number of carbonyl (C=O) groups is 1. The van der Waals surface area contributed by atoms with E-state index in [1.54, 1.807) is 12.5 Å². The second kappa shape index (κ2) is 8.59. The van der Waals surface area contributed by atoms with E-state index < -0.39 is 0 Å². The van der Waals surface area contributed by atoms with Crippen molar-refractivity contribution < 1.29 is 9.53 Å². The van der Waals surface area contributed by atoms with Crippen LogP contribution in [0.4, 0.5) is 5.82 Å². The van der Waals surface area contributed by atoms with Gasteiger partial charge in [0.1, 0.15) is 17.9 Å². The van der Waals surface area contributed by atoms with Crippen molar-refractivity contribution in [2.24, 2.45) is 5.92 Å². The molecule has 142 valence electrons. The maximum absolute atomic E-state index is 12.7. The molecule has 6 heteroatoms. The average molecular weight is 366 g/mol. The molecule has 1 unspecified atom stereocenters. The molecule has 0 saturated carbocycles. The number of piperidine rings is 1. The maximum atomic E-state index is 12.7. The lowest BCUT2D eigenvalue weighted by atomic mass is 9.89. The number of morpholine rings is 1. The molecule has 2 fully saturated rings. The van der Waals surface area contributed by atoms with Crippen LogP contribution < -0.4 is 10.2 Å². The highest BCUT2D eigenvalue weighted by Crippen LogP contribution is 2.24. The number of hydrogen-bond donors (Lipinski definition) is 1. The average Bonchev–Trinajstić information content (AvgIpc) is 2.76. The van der Waals surface area contributed by atoms with Crippen molar-refractivity contribution in [2.75, 3.05) is 37.7 Å². The van der Waals surface area contributed by atoms with Gasteiger partial charge in [-0.25, -0.2) is 9.97 Å². The molecule has 0 spiro atoms. The predicted molar refractivity (Wildman–Crippen MR) is 104 cm³/mol. The molecule has 1 aromatic heterocycles. The molecular formula is C21H26N4O2. The summed E-state index contributed by atoms with van der Waals surface area (Å²) >= 11 is 0. The molecule has 2 aromatic rings. The molecule has 1 atom stereocenters. The minimum Gasteiger partial charge on any atom is -0.371 e. The van der Waals surface area contributed by atoms with Gasteiger partial charge in [0, 0.05) is 44.7 Å². The van der Waals surface area contributed by atoms with Crippen molar-refractivity contribution >= 4 is 11.6 Å². The van der Waals surface area contributed by atoms with E-state index in [1.807, 2.05) is 6.07 Å². The van der Waals surface area contributed by atoms with E-state index in [9.17, 15) is 4.79 Å². The number of Topliss-reactive ketones (excluding diaryl/α,β-unsaturated/α-hetero) is 1. The molecule has 1 N–H and O–H groups in total. The van der Waals surface area contributed by atoms with Gasteiger partial charge in [-0.2, -0.15) is 0 Å². The van der Waals surface area contributed by atoms with Gasteiger partial charge in [0.15, 0.2) is 0 Å². The number of aromatic nitrogens is 2. The second-order valence-corrected chi connectivity index (χ2v) is 7.28. The molecule has 0 amide bonds. The summed E-state index contributed by atoms with van der Waals surface area (Å²) in [5.74, 6) is 1.44. The highest BCUT2D eigenvalue weighted by Gasteiger charge is 2.25. The third-order valence-electron chi connectivity index (χ3n) is 5.50. The van der Waals surface area contributed by atoms with Crippen LogP contribution in [0, 0.1) is 5.92 Å². The van der Waals surface area contributed by atoms with Crippen LogP contribution in [0.15, 0.2) is 42.9 Å². The van der Waals surface area contributed by atoms with Crippen LogP contribution in [-0.2, 0) is 16.0 Å². The Morgan fingerprint density at radius 1 is 1.19 bits per heavy atom. The normalized spacial score (nSPS) is 21.2. The van der Waals surface area contributed by atoms with Gasteiger partial charge in [-0.15, -0.1) is 0 Å². The standard InChI is InChI=1S/C21H26N4O2/c26-19(17-6-10-25(11-7-17)21-5-8-23-15-24-21)13-16-1-3-18(4-2-16)20-14-22-9-12-27-20/h1-5,8,15,17,20,22H,6-7,9-14H2. The summed E-state index contributed by atoms with van der Waals surface area (Å²) in [5.41, 5.74) is 2.27. The van der Waals surface area contributed by atoms with E-state index in [-0.39, 0.29) is 12.0 Å². The molecule has 3 heterocycles. The van der Waals surface area contributed by atoms with Crippen molar-refractivity contribution in [3.63, 3.8) is 0 Å². The molecule has 0 bridgehead atoms. The molecule has 2 saturated heterocycles. The lowest BCUT2D eigenvalue weighted by Crippen LogP contribution is -2.37. The molecule has 4 rings (SSSR count). The molecule has 0 radical (unpaired) electrons. The van der Waals surface area contributed by atoms with E-state index >= 15 is 0 Å². The third-order valence-corrected chi connectivity index (χ3v) is 5.50. The van der Waals surface area contributed by atoms with E-state index in [4.69, 9.17) is 4.74 Å². The first kappa shape index (κ1) is 18.1. The monoisotopic (exact) mass is 366 g/mol. The van der Waals surface area contributed by atoms with Gasteiger partial charge in [-0.05, 0) is 30.0 Å². The Hall–Kier alpha value is -2.31. The van der Waals surface area contributed by atoms with Crippen LogP contribution in [-0.4, -0.2) is 48.5 Å². The summed E-state index contributed by atoms with van der Waals surface area (Å²) in [6.07, 6.45) is 5.75. The first-order chi connectivity index (χ1) is 13.3. The number of ether oxygens (including phenoxy) is 1. The SMILES string of the molecule is O=C(Cc1ccc(C2CNCCO2)cc1)C1CCN(c2ccncn2)CC1. The fraction of sp³-hybridized carbons (Fsp3) is 0.476. The lowest BCUT2D eigenvalue weighted by molar-refractivity contribution is -0.122. The molecular weight excluding hydrogens is 340 g/mol. The number of benzene rings is 1. The Morgan fingerprint density at radius 3 is 2.67 bits per heavy atom. The zero-order valence-corrected chi connectivity index (χ0v) is 15.5. The summed E-state index contributed by atoms with van der Waals surface area (Å²) < 4.78 is 5.78. The van der Waals surface area contributed by atoms with Crippen LogP contribution in [0.5, 0.6) is 0 Å². The van der Waals surface area contributed by atoms with Gasteiger partial charge in [0.05, 0.1) is 12.7 Å². The topological polar surface area (TPSA) is 67.3 Å². The number of anilines is 1. The summed E-state index contributed by atoms with van der Waals surface area (Å²) in [6, 6.07) is 10.3. The fourth-order valence-corrected chi connectivity index (χ4v) is 3.88. The van der Waals surface area contributed by atoms with Gasteiger partial charge in [-0.3, -0.25) is 4.79 Å². The van der Waals surface area contributed by atoms with E-state index in [2.05, 4.69) is 44.5 Å². The Bertz CT molecular complexity index is 737. The number of carbonyl (C=O) groups excluding carboxylic acids is 1. The Morgan fingerprint density at radius 2 is 2.00 bits per heavy atom. The van der Waals surface area contributed by atoms with Gasteiger partial charge in [-0.1, -0.05) is 24.3 Å². The Kier molecular flexibility index (Phi) is 5.75. The van der Waals surface area contributed by atoms with Crippen LogP contribution in [0.2, 0.25) is 0 Å². The van der Waals surface area contributed by atoms with Crippen molar-refractivity contribution in [3.05, 3.63) is 54.0 Å². The van der Waals surface area contributed by atoms with E-state index in [0.717, 1.165) is 57.0 Å². The quantitative estimate of drug-likeness (QED) is 0.875. The summed E-state index contributed by atoms with van der Waals surface area (Å²) in [6.45, 7) is 4.26. The molecule has 6 nitrogen and oxygen atoms in total. The second-order valence-electron chi connectivity index (χ2n) is 7.28. The highest BCUT2D eigenvalue weighted by atomic mass is 16.5. The first-order valence-corrected chi connectivity index (χ1v) is 9.74. The minimum atomic E-state index is 0.120.